The molecule has 0 saturated heterocycles. The van der Waals surface area contributed by atoms with E-state index < -0.39 is 10.0 Å². The number of sulfonamides is 1. The van der Waals surface area contributed by atoms with E-state index in [1.807, 2.05) is 32.9 Å². The molecule has 0 spiro atoms. The first kappa shape index (κ1) is 18.8. The molecule has 1 heterocycles. The zero-order valence-corrected chi connectivity index (χ0v) is 15.7. The van der Waals surface area contributed by atoms with Gasteiger partial charge in [-0.3, -0.25) is 9.10 Å². The monoisotopic (exact) mass is 352 g/mol. The van der Waals surface area contributed by atoms with Crippen LogP contribution in [0.4, 0.5) is 11.4 Å². The van der Waals surface area contributed by atoms with Crippen molar-refractivity contribution in [2.75, 3.05) is 21.9 Å². The van der Waals surface area contributed by atoms with E-state index in [-0.39, 0.29) is 17.6 Å². The van der Waals surface area contributed by atoms with Crippen LogP contribution in [0.3, 0.4) is 0 Å². The molecule has 1 aromatic rings. The molecule has 1 amide bonds. The fourth-order valence-corrected chi connectivity index (χ4v) is 4.82. The Morgan fingerprint density at radius 3 is 2.58 bits per heavy atom. The van der Waals surface area contributed by atoms with E-state index in [1.165, 1.54) is 4.31 Å². The standard InChI is InChI=1S/C18H28N2O3S/c1-4-12-24(22,23)20-11-7-8-15-13-16(9-10-17(15)20)19-18(21)14(5-2)6-3/h9-10,13-14H,4-8,11-12H2,1-3H3,(H,19,21). The van der Waals surface area contributed by atoms with E-state index in [2.05, 4.69) is 5.32 Å². The van der Waals surface area contributed by atoms with Crippen molar-refractivity contribution in [3.8, 4) is 0 Å². The fourth-order valence-electron chi connectivity index (χ4n) is 3.20. The summed E-state index contributed by atoms with van der Waals surface area (Å²) < 4.78 is 26.4. The van der Waals surface area contributed by atoms with Gasteiger partial charge in [0.1, 0.15) is 0 Å². The van der Waals surface area contributed by atoms with Gasteiger partial charge in [0, 0.05) is 18.2 Å². The Morgan fingerprint density at radius 2 is 1.96 bits per heavy atom. The number of hydrogen-bond acceptors (Lipinski definition) is 3. The first-order valence-electron chi connectivity index (χ1n) is 8.87. The lowest BCUT2D eigenvalue weighted by molar-refractivity contribution is -0.120. The van der Waals surface area contributed by atoms with Crippen LogP contribution < -0.4 is 9.62 Å². The molecule has 0 unspecified atom stereocenters. The summed E-state index contributed by atoms with van der Waals surface area (Å²) in [6.07, 6.45) is 3.88. The van der Waals surface area contributed by atoms with Crippen molar-refractivity contribution in [3.63, 3.8) is 0 Å². The molecule has 0 saturated carbocycles. The van der Waals surface area contributed by atoms with Gasteiger partial charge in [-0.2, -0.15) is 0 Å². The maximum atomic E-state index is 12.4. The quantitative estimate of drug-likeness (QED) is 0.816. The Bertz CT molecular complexity index is 682. The Labute approximate surface area is 145 Å². The molecule has 1 aliphatic heterocycles. The molecule has 5 nitrogen and oxygen atoms in total. The average molecular weight is 353 g/mol. The van der Waals surface area contributed by atoms with Crippen LogP contribution in [0.15, 0.2) is 18.2 Å². The SMILES string of the molecule is CCCS(=O)(=O)N1CCCc2cc(NC(=O)C(CC)CC)ccc21. The van der Waals surface area contributed by atoms with Crippen molar-refractivity contribution in [1.82, 2.24) is 0 Å². The average Bonchev–Trinajstić information content (AvgIpc) is 2.55. The summed E-state index contributed by atoms with van der Waals surface area (Å²) in [5.74, 6) is 0.216. The molecule has 134 valence electrons. The van der Waals surface area contributed by atoms with Crippen molar-refractivity contribution in [1.29, 1.82) is 0 Å². The Kier molecular flexibility index (Phi) is 6.27. The van der Waals surface area contributed by atoms with E-state index >= 15 is 0 Å². The second-order valence-electron chi connectivity index (χ2n) is 6.34. The third-order valence-corrected chi connectivity index (χ3v) is 6.55. The maximum Gasteiger partial charge on any atom is 0.235 e. The minimum atomic E-state index is -3.26. The maximum absolute atomic E-state index is 12.4. The van der Waals surface area contributed by atoms with E-state index in [9.17, 15) is 13.2 Å². The molecule has 1 aromatic carbocycles. The predicted octanol–water partition coefficient (Wildman–Crippen LogP) is 3.55. The van der Waals surface area contributed by atoms with Crippen molar-refractivity contribution < 1.29 is 13.2 Å². The van der Waals surface area contributed by atoms with E-state index in [0.29, 0.717) is 13.0 Å². The van der Waals surface area contributed by atoms with Crippen LogP contribution >= 0.6 is 0 Å². The molecule has 2 rings (SSSR count). The third kappa shape index (κ3) is 4.09. The Hall–Kier alpha value is -1.56. The fraction of sp³-hybridized carbons (Fsp3) is 0.611. The number of nitrogens with one attached hydrogen (secondary N) is 1. The summed E-state index contributed by atoms with van der Waals surface area (Å²) in [7, 11) is -3.26. The zero-order chi connectivity index (χ0) is 17.7. The smallest absolute Gasteiger partial charge is 0.235 e. The van der Waals surface area contributed by atoms with Crippen LogP contribution in [0.1, 0.15) is 52.0 Å². The van der Waals surface area contributed by atoms with Gasteiger partial charge in [-0.15, -0.1) is 0 Å². The highest BCUT2D eigenvalue weighted by atomic mass is 32.2. The van der Waals surface area contributed by atoms with Crippen LogP contribution in [0.2, 0.25) is 0 Å². The van der Waals surface area contributed by atoms with E-state index in [4.69, 9.17) is 0 Å². The zero-order valence-electron chi connectivity index (χ0n) is 14.8. The molecule has 0 bridgehead atoms. The molecule has 1 N–H and O–H groups in total. The van der Waals surface area contributed by atoms with Crippen molar-refractivity contribution in [2.24, 2.45) is 5.92 Å². The molecule has 0 radical (unpaired) electrons. The summed E-state index contributed by atoms with van der Waals surface area (Å²) in [6.45, 7) is 6.43. The van der Waals surface area contributed by atoms with Crippen LogP contribution in [0.25, 0.3) is 0 Å². The second kappa shape index (κ2) is 8.01. The van der Waals surface area contributed by atoms with Crippen molar-refractivity contribution in [3.05, 3.63) is 23.8 Å². The predicted molar refractivity (Wildman–Crippen MR) is 98.9 cm³/mol. The van der Waals surface area contributed by atoms with Gasteiger partial charge >= 0.3 is 0 Å². The summed E-state index contributed by atoms with van der Waals surface area (Å²) >= 11 is 0. The topological polar surface area (TPSA) is 66.5 Å². The second-order valence-corrected chi connectivity index (χ2v) is 8.35. The lowest BCUT2D eigenvalue weighted by atomic mass is 10.0. The molecule has 0 aliphatic carbocycles. The van der Waals surface area contributed by atoms with Gasteiger partial charge in [-0.25, -0.2) is 8.42 Å². The van der Waals surface area contributed by atoms with E-state index in [1.54, 1.807) is 6.07 Å². The molecular formula is C18H28N2O3S. The highest BCUT2D eigenvalue weighted by Gasteiger charge is 2.27. The minimum absolute atomic E-state index is 0.0162. The third-order valence-electron chi connectivity index (χ3n) is 4.58. The van der Waals surface area contributed by atoms with Crippen LogP contribution in [0.5, 0.6) is 0 Å². The van der Waals surface area contributed by atoms with Gasteiger partial charge in [0.25, 0.3) is 0 Å². The largest absolute Gasteiger partial charge is 0.326 e. The van der Waals surface area contributed by atoms with Gasteiger partial charge in [0.05, 0.1) is 11.4 Å². The number of nitrogens with zero attached hydrogens (tertiary/aromatic N) is 1. The van der Waals surface area contributed by atoms with Crippen LogP contribution in [0, 0.1) is 5.92 Å². The number of fused-ring (bicyclic) bond motifs is 1. The molecule has 24 heavy (non-hydrogen) atoms. The van der Waals surface area contributed by atoms with Crippen molar-refractivity contribution >= 4 is 27.3 Å². The van der Waals surface area contributed by atoms with E-state index in [0.717, 1.165) is 42.6 Å². The summed E-state index contributed by atoms with van der Waals surface area (Å²) in [4.78, 5) is 12.2. The van der Waals surface area contributed by atoms with Gasteiger partial charge in [-0.05, 0) is 55.9 Å². The number of aryl methyl sites for hydroxylation is 1. The molecule has 0 atom stereocenters. The number of hydrogen-bond donors (Lipinski definition) is 1. The first-order chi connectivity index (χ1) is 11.4. The minimum Gasteiger partial charge on any atom is -0.326 e. The van der Waals surface area contributed by atoms with Crippen molar-refractivity contribution in [2.45, 2.75) is 52.9 Å². The normalized spacial score (nSPS) is 14.6. The number of carbonyl (C=O) groups excluding carboxylic acids is 1. The molecular weight excluding hydrogens is 324 g/mol. The summed E-state index contributed by atoms with van der Waals surface area (Å²) in [5.41, 5.74) is 2.50. The number of anilines is 2. The highest BCUT2D eigenvalue weighted by molar-refractivity contribution is 7.92. The number of benzene rings is 1. The summed E-state index contributed by atoms with van der Waals surface area (Å²) in [5, 5.41) is 2.97. The molecule has 0 fully saturated rings. The Balaban J connectivity index is 2.23. The first-order valence-corrected chi connectivity index (χ1v) is 10.5. The van der Waals surface area contributed by atoms with Crippen LogP contribution in [-0.2, 0) is 21.2 Å². The van der Waals surface area contributed by atoms with Gasteiger partial charge in [-0.1, -0.05) is 20.8 Å². The number of amides is 1. The highest BCUT2D eigenvalue weighted by Crippen LogP contribution is 2.32. The van der Waals surface area contributed by atoms with Gasteiger partial charge < -0.3 is 5.32 Å². The van der Waals surface area contributed by atoms with Gasteiger partial charge in [0.2, 0.25) is 15.9 Å². The lowest BCUT2D eigenvalue weighted by Crippen LogP contribution is -2.37. The number of carbonyl (C=O) groups is 1. The molecule has 0 aromatic heterocycles. The summed E-state index contributed by atoms with van der Waals surface area (Å²) in [6, 6.07) is 5.55. The number of rotatable bonds is 7. The lowest BCUT2D eigenvalue weighted by Gasteiger charge is -2.30. The molecule has 6 heteroatoms. The molecule has 1 aliphatic rings. The Morgan fingerprint density at radius 1 is 1.25 bits per heavy atom. The van der Waals surface area contributed by atoms with Gasteiger partial charge in [0.15, 0.2) is 0 Å². The van der Waals surface area contributed by atoms with Crippen LogP contribution in [-0.4, -0.2) is 26.6 Å².